The van der Waals surface area contributed by atoms with Crippen LogP contribution in [0.15, 0.2) is 0 Å². The van der Waals surface area contributed by atoms with Crippen LogP contribution >= 0.6 is 12.4 Å². The van der Waals surface area contributed by atoms with Crippen molar-refractivity contribution in [2.75, 3.05) is 6.54 Å². The maximum absolute atomic E-state index is 10.5. The zero-order valence-electron chi connectivity index (χ0n) is 6.53. The first-order chi connectivity index (χ1) is 5.17. The second-order valence-electron chi connectivity index (χ2n) is 3.43. The second kappa shape index (κ2) is 2.87. The number of fused-ring (bicyclic) bond motifs is 1. The van der Waals surface area contributed by atoms with Crippen molar-refractivity contribution >= 4 is 18.4 Å². The SMILES string of the molecule is Cl.NCC12CC(C1)C(C(=O)O)O2. The van der Waals surface area contributed by atoms with Gasteiger partial charge in [0.1, 0.15) is 0 Å². The van der Waals surface area contributed by atoms with E-state index in [4.69, 9.17) is 15.6 Å². The van der Waals surface area contributed by atoms with Gasteiger partial charge in [-0.2, -0.15) is 0 Å². The van der Waals surface area contributed by atoms with Crippen molar-refractivity contribution in [3.05, 3.63) is 0 Å². The van der Waals surface area contributed by atoms with Crippen LogP contribution in [-0.2, 0) is 9.53 Å². The zero-order chi connectivity index (χ0) is 8.06. The Hall–Kier alpha value is -0.320. The van der Waals surface area contributed by atoms with Crippen molar-refractivity contribution in [1.29, 1.82) is 0 Å². The molecule has 2 aliphatic heterocycles. The standard InChI is InChI=1S/C7H11NO3.ClH/c8-3-7-1-4(2-7)5(11-7)6(9)10;/h4-5H,1-3,8H2,(H,9,10);1H. The smallest absolute Gasteiger partial charge is 0.333 e. The molecule has 5 heteroatoms. The van der Waals surface area contributed by atoms with E-state index in [9.17, 15) is 4.79 Å². The Morgan fingerprint density at radius 1 is 1.67 bits per heavy atom. The summed E-state index contributed by atoms with van der Waals surface area (Å²) in [4.78, 5) is 10.5. The normalized spacial score (nSPS) is 43.1. The van der Waals surface area contributed by atoms with Crippen molar-refractivity contribution in [2.24, 2.45) is 11.7 Å². The number of rotatable bonds is 2. The Kier molecular flexibility index (Phi) is 2.33. The molecule has 0 aromatic carbocycles. The van der Waals surface area contributed by atoms with E-state index in [1.807, 2.05) is 0 Å². The molecule has 1 atom stereocenters. The number of ether oxygens (including phenoxy) is 1. The lowest BCUT2D eigenvalue weighted by Gasteiger charge is -2.33. The molecule has 70 valence electrons. The highest BCUT2D eigenvalue weighted by atomic mass is 35.5. The first-order valence-corrected chi connectivity index (χ1v) is 3.77. The monoisotopic (exact) mass is 193 g/mol. The second-order valence-corrected chi connectivity index (χ2v) is 3.43. The van der Waals surface area contributed by atoms with Crippen LogP contribution in [0.3, 0.4) is 0 Å². The summed E-state index contributed by atoms with van der Waals surface area (Å²) in [7, 11) is 0. The molecular weight excluding hydrogens is 182 g/mol. The van der Waals surface area contributed by atoms with E-state index < -0.39 is 12.1 Å². The van der Waals surface area contributed by atoms with Crippen molar-refractivity contribution in [1.82, 2.24) is 0 Å². The van der Waals surface area contributed by atoms with Gasteiger partial charge in [-0.05, 0) is 12.8 Å². The van der Waals surface area contributed by atoms with Gasteiger partial charge >= 0.3 is 5.97 Å². The van der Waals surface area contributed by atoms with E-state index >= 15 is 0 Å². The van der Waals surface area contributed by atoms with E-state index in [0.29, 0.717) is 6.54 Å². The van der Waals surface area contributed by atoms with Crippen LogP contribution in [-0.4, -0.2) is 29.3 Å². The van der Waals surface area contributed by atoms with Gasteiger partial charge in [0.15, 0.2) is 6.10 Å². The number of nitrogens with two attached hydrogens (primary N) is 1. The van der Waals surface area contributed by atoms with Crippen molar-refractivity contribution in [3.8, 4) is 0 Å². The number of carbonyl (C=O) groups is 1. The lowest BCUT2D eigenvalue weighted by Crippen LogP contribution is -2.43. The molecule has 4 nitrogen and oxygen atoms in total. The average molecular weight is 194 g/mol. The predicted octanol–water partition coefficient (Wildman–Crippen LogP) is -0.000900. The Bertz CT molecular complexity index is 203. The Morgan fingerprint density at radius 3 is 2.50 bits per heavy atom. The van der Waals surface area contributed by atoms with Gasteiger partial charge in [-0.3, -0.25) is 0 Å². The predicted molar refractivity (Wildman–Crippen MR) is 44.3 cm³/mol. The minimum absolute atomic E-state index is 0. The van der Waals surface area contributed by atoms with Gasteiger partial charge in [0.25, 0.3) is 0 Å². The number of carboxylic acid groups (broad SMARTS) is 1. The maximum atomic E-state index is 10.5. The molecule has 12 heavy (non-hydrogen) atoms. The summed E-state index contributed by atoms with van der Waals surface area (Å²) in [5.41, 5.74) is 5.18. The summed E-state index contributed by atoms with van der Waals surface area (Å²) in [6, 6.07) is 0. The van der Waals surface area contributed by atoms with Gasteiger partial charge in [-0.25, -0.2) is 4.79 Å². The van der Waals surface area contributed by atoms with Crippen LogP contribution in [0.2, 0.25) is 0 Å². The molecule has 1 saturated carbocycles. The summed E-state index contributed by atoms with van der Waals surface area (Å²) in [6.45, 7) is 0.452. The molecule has 2 bridgehead atoms. The molecule has 2 saturated heterocycles. The molecule has 1 aliphatic carbocycles. The Labute approximate surface area is 76.5 Å². The maximum Gasteiger partial charge on any atom is 0.333 e. The van der Waals surface area contributed by atoms with Crippen LogP contribution in [0.4, 0.5) is 0 Å². The molecule has 0 aromatic rings. The highest BCUT2D eigenvalue weighted by molar-refractivity contribution is 5.85. The van der Waals surface area contributed by atoms with Gasteiger partial charge in [0.05, 0.1) is 5.60 Å². The third kappa shape index (κ3) is 1.11. The van der Waals surface area contributed by atoms with Crippen LogP contribution in [0.5, 0.6) is 0 Å². The van der Waals surface area contributed by atoms with Gasteiger partial charge in [0.2, 0.25) is 0 Å². The molecule has 0 radical (unpaired) electrons. The highest BCUT2D eigenvalue weighted by Gasteiger charge is 2.59. The lowest BCUT2D eigenvalue weighted by atomic mass is 9.72. The quantitative estimate of drug-likeness (QED) is 0.648. The molecule has 1 unspecified atom stereocenters. The summed E-state index contributed by atoms with van der Waals surface area (Å²) >= 11 is 0. The van der Waals surface area contributed by atoms with E-state index in [0.717, 1.165) is 12.8 Å². The molecule has 0 spiro atoms. The lowest BCUT2D eigenvalue weighted by molar-refractivity contribution is -0.149. The van der Waals surface area contributed by atoms with Gasteiger partial charge in [-0.15, -0.1) is 12.4 Å². The van der Waals surface area contributed by atoms with Crippen LogP contribution < -0.4 is 5.73 Å². The minimum atomic E-state index is -0.845. The van der Waals surface area contributed by atoms with E-state index in [-0.39, 0.29) is 23.9 Å². The highest BCUT2D eigenvalue weighted by Crippen LogP contribution is 2.51. The number of aliphatic carboxylic acids is 1. The van der Waals surface area contributed by atoms with Gasteiger partial charge in [0, 0.05) is 12.5 Å². The van der Waals surface area contributed by atoms with Gasteiger partial charge in [-0.1, -0.05) is 0 Å². The molecule has 3 aliphatic rings. The molecule has 0 aromatic heterocycles. The molecular formula is C7H12ClNO3. The molecule has 2 heterocycles. The number of hydrogen-bond donors (Lipinski definition) is 2. The third-order valence-corrected chi connectivity index (χ3v) is 2.69. The van der Waals surface area contributed by atoms with Gasteiger partial charge < -0.3 is 15.6 Å². The third-order valence-electron chi connectivity index (χ3n) is 2.69. The summed E-state index contributed by atoms with van der Waals surface area (Å²) < 4.78 is 5.31. The van der Waals surface area contributed by atoms with E-state index in [1.165, 1.54) is 0 Å². The van der Waals surface area contributed by atoms with Crippen molar-refractivity contribution < 1.29 is 14.6 Å². The van der Waals surface area contributed by atoms with Crippen LogP contribution in [0.1, 0.15) is 12.8 Å². The van der Waals surface area contributed by atoms with Crippen LogP contribution in [0.25, 0.3) is 0 Å². The largest absolute Gasteiger partial charge is 0.479 e. The Balaban J connectivity index is 0.000000720. The van der Waals surface area contributed by atoms with Crippen molar-refractivity contribution in [3.63, 3.8) is 0 Å². The summed E-state index contributed by atoms with van der Waals surface area (Å²) in [5.74, 6) is -0.626. The Morgan fingerprint density at radius 2 is 2.25 bits per heavy atom. The number of hydrogen-bond acceptors (Lipinski definition) is 3. The van der Waals surface area contributed by atoms with E-state index in [1.54, 1.807) is 0 Å². The topological polar surface area (TPSA) is 72.6 Å². The summed E-state index contributed by atoms with van der Waals surface area (Å²) in [5, 5.41) is 8.65. The van der Waals surface area contributed by atoms with E-state index in [2.05, 4.69) is 0 Å². The molecule has 0 amide bonds. The first kappa shape index (κ1) is 9.77. The fourth-order valence-electron chi connectivity index (χ4n) is 2.04. The molecule has 3 N–H and O–H groups in total. The summed E-state index contributed by atoms with van der Waals surface area (Å²) in [6.07, 6.45) is 1.08. The molecule has 3 rings (SSSR count). The number of halogens is 1. The first-order valence-electron chi connectivity index (χ1n) is 3.77. The van der Waals surface area contributed by atoms with Crippen molar-refractivity contribution in [2.45, 2.75) is 24.5 Å². The fourth-order valence-corrected chi connectivity index (χ4v) is 2.04. The minimum Gasteiger partial charge on any atom is -0.479 e. The zero-order valence-corrected chi connectivity index (χ0v) is 7.34. The average Bonchev–Trinajstić information content (AvgIpc) is 2.38. The number of carboxylic acids is 1. The van der Waals surface area contributed by atoms with Crippen LogP contribution in [0, 0.1) is 5.92 Å². The molecule has 3 fully saturated rings. The fraction of sp³-hybridized carbons (Fsp3) is 0.857.